The highest BCUT2D eigenvalue weighted by Crippen LogP contribution is 2.44. The number of hydrogen-bond donors (Lipinski definition) is 0. The second kappa shape index (κ2) is 9.30. The molecule has 7 heteroatoms. The summed E-state index contributed by atoms with van der Waals surface area (Å²) in [5.41, 5.74) is 4.65. The first kappa shape index (κ1) is 22.3. The van der Waals surface area contributed by atoms with Gasteiger partial charge in [-0.1, -0.05) is 48.5 Å². The Kier molecular flexibility index (Phi) is 6.48. The summed E-state index contributed by atoms with van der Waals surface area (Å²) in [7, 11) is 3.19. The van der Waals surface area contributed by atoms with Crippen molar-refractivity contribution >= 4 is 12.1 Å². The summed E-state index contributed by atoms with van der Waals surface area (Å²) in [6.07, 6.45) is -1.59. The third-order valence-corrected chi connectivity index (χ3v) is 6.30. The van der Waals surface area contributed by atoms with Gasteiger partial charge in [-0.15, -0.1) is 0 Å². The molecule has 0 N–H and O–H groups in total. The predicted molar refractivity (Wildman–Crippen MR) is 118 cm³/mol. The van der Waals surface area contributed by atoms with E-state index in [1.807, 2.05) is 31.2 Å². The number of amides is 1. The molecule has 1 aliphatic carbocycles. The SMILES string of the molecule is CO[C@@H]1C[C@H](OC(C)=O)[C@H](N(C)C(=O)OCC2c3ccccc3-c3ccccc32)[C@@H](C)O1. The van der Waals surface area contributed by atoms with Crippen LogP contribution in [0.25, 0.3) is 11.1 Å². The number of ether oxygens (including phenoxy) is 4. The largest absolute Gasteiger partial charge is 0.460 e. The fourth-order valence-electron chi connectivity index (χ4n) is 4.87. The number of benzene rings is 2. The van der Waals surface area contributed by atoms with E-state index in [2.05, 4.69) is 24.3 Å². The maximum Gasteiger partial charge on any atom is 0.410 e. The van der Waals surface area contributed by atoms with E-state index in [1.54, 1.807) is 7.05 Å². The van der Waals surface area contributed by atoms with Gasteiger partial charge in [-0.05, 0) is 29.2 Å². The quantitative estimate of drug-likeness (QED) is 0.657. The van der Waals surface area contributed by atoms with Crippen LogP contribution in [-0.4, -0.2) is 62.3 Å². The van der Waals surface area contributed by atoms with Crippen molar-refractivity contribution in [1.82, 2.24) is 4.90 Å². The second-order valence-electron chi connectivity index (χ2n) is 8.30. The van der Waals surface area contributed by atoms with Crippen molar-refractivity contribution in [3.8, 4) is 11.1 Å². The average Bonchev–Trinajstić information content (AvgIpc) is 3.10. The van der Waals surface area contributed by atoms with Gasteiger partial charge in [0.05, 0.1) is 12.1 Å². The lowest BCUT2D eigenvalue weighted by atomic mass is 9.97. The van der Waals surface area contributed by atoms with E-state index in [4.69, 9.17) is 18.9 Å². The first-order valence-electron chi connectivity index (χ1n) is 10.8. The van der Waals surface area contributed by atoms with E-state index in [-0.39, 0.29) is 12.5 Å². The number of carbonyl (C=O) groups is 2. The zero-order valence-electron chi connectivity index (χ0n) is 18.8. The first-order valence-corrected chi connectivity index (χ1v) is 10.8. The predicted octanol–water partition coefficient (Wildman–Crippen LogP) is 3.95. The monoisotopic (exact) mass is 439 g/mol. The summed E-state index contributed by atoms with van der Waals surface area (Å²) in [5, 5.41) is 0. The lowest BCUT2D eigenvalue weighted by molar-refractivity contribution is -0.227. The molecule has 0 aromatic heterocycles. The third-order valence-electron chi connectivity index (χ3n) is 6.30. The van der Waals surface area contributed by atoms with Crippen LogP contribution in [0.1, 0.15) is 37.3 Å². The Hall–Kier alpha value is -2.90. The Morgan fingerprint density at radius 3 is 2.22 bits per heavy atom. The molecule has 1 amide bonds. The van der Waals surface area contributed by atoms with Gasteiger partial charge in [-0.3, -0.25) is 4.79 Å². The number of rotatable bonds is 5. The van der Waals surface area contributed by atoms with Crippen LogP contribution < -0.4 is 0 Å². The minimum atomic E-state index is -0.549. The van der Waals surface area contributed by atoms with Crippen LogP contribution >= 0.6 is 0 Å². The molecule has 1 fully saturated rings. The Labute approximate surface area is 188 Å². The molecule has 2 aromatic carbocycles. The summed E-state index contributed by atoms with van der Waals surface area (Å²) in [5.74, 6) is -0.438. The minimum Gasteiger partial charge on any atom is -0.460 e. The van der Waals surface area contributed by atoms with E-state index in [0.29, 0.717) is 6.42 Å². The van der Waals surface area contributed by atoms with Gasteiger partial charge in [0, 0.05) is 33.4 Å². The van der Waals surface area contributed by atoms with Gasteiger partial charge in [-0.25, -0.2) is 4.79 Å². The van der Waals surface area contributed by atoms with Gasteiger partial charge >= 0.3 is 12.1 Å². The fraction of sp³-hybridized carbons (Fsp3) is 0.440. The molecule has 0 spiro atoms. The lowest BCUT2D eigenvalue weighted by Gasteiger charge is -2.43. The van der Waals surface area contributed by atoms with Crippen LogP contribution in [0.2, 0.25) is 0 Å². The molecule has 170 valence electrons. The normalized spacial score (nSPS) is 24.4. The number of methoxy groups -OCH3 is 1. The highest BCUT2D eigenvalue weighted by atomic mass is 16.7. The molecule has 32 heavy (non-hydrogen) atoms. The Morgan fingerprint density at radius 2 is 1.66 bits per heavy atom. The topological polar surface area (TPSA) is 74.3 Å². The molecule has 4 atom stereocenters. The highest BCUT2D eigenvalue weighted by molar-refractivity contribution is 5.79. The van der Waals surface area contributed by atoms with E-state index in [9.17, 15) is 9.59 Å². The number of fused-ring (bicyclic) bond motifs is 3. The molecule has 2 aliphatic rings. The Morgan fingerprint density at radius 1 is 1.06 bits per heavy atom. The fourth-order valence-corrected chi connectivity index (χ4v) is 4.87. The van der Waals surface area contributed by atoms with Gasteiger partial charge in [0.2, 0.25) is 0 Å². The molecular formula is C25H29NO6. The molecule has 0 bridgehead atoms. The average molecular weight is 440 g/mol. The number of nitrogens with zero attached hydrogens (tertiary/aromatic N) is 1. The maximum absolute atomic E-state index is 13.0. The number of likely N-dealkylation sites (N-methyl/N-ethyl adjacent to an activating group) is 1. The zero-order chi connectivity index (χ0) is 22.8. The van der Waals surface area contributed by atoms with Crippen LogP contribution in [0, 0.1) is 0 Å². The molecular weight excluding hydrogens is 410 g/mol. The molecule has 4 rings (SSSR count). The molecule has 7 nitrogen and oxygen atoms in total. The minimum absolute atomic E-state index is 0.0260. The smallest absolute Gasteiger partial charge is 0.410 e. The van der Waals surface area contributed by atoms with Gasteiger partial charge in [-0.2, -0.15) is 0 Å². The number of esters is 1. The summed E-state index contributed by atoms with van der Waals surface area (Å²) in [6, 6.07) is 15.9. The molecule has 1 saturated heterocycles. The molecule has 2 aromatic rings. The summed E-state index contributed by atoms with van der Waals surface area (Å²) >= 11 is 0. The van der Waals surface area contributed by atoms with E-state index < -0.39 is 36.6 Å². The van der Waals surface area contributed by atoms with Gasteiger partial charge < -0.3 is 23.8 Å². The zero-order valence-corrected chi connectivity index (χ0v) is 18.8. The van der Waals surface area contributed by atoms with Crippen molar-refractivity contribution in [3.63, 3.8) is 0 Å². The van der Waals surface area contributed by atoms with Crippen molar-refractivity contribution in [2.75, 3.05) is 20.8 Å². The molecule has 0 radical (unpaired) electrons. The molecule has 0 unspecified atom stereocenters. The van der Waals surface area contributed by atoms with E-state index >= 15 is 0 Å². The maximum atomic E-state index is 13.0. The highest BCUT2D eigenvalue weighted by Gasteiger charge is 2.43. The van der Waals surface area contributed by atoms with Crippen LogP contribution in [-0.2, 0) is 23.7 Å². The van der Waals surface area contributed by atoms with Crippen LogP contribution in [0.15, 0.2) is 48.5 Å². The van der Waals surface area contributed by atoms with E-state index in [0.717, 1.165) is 11.1 Å². The van der Waals surface area contributed by atoms with Crippen molar-refractivity contribution in [1.29, 1.82) is 0 Å². The summed E-state index contributed by atoms with van der Waals surface area (Å²) in [6.45, 7) is 3.41. The van der Waals surface area contributed by atoms with Crippen molar-refractivity contribution in [2.45, 2.75) is 50.7 Å². The van der Waals surface area contributed by atoms with Crippen LogP contribution in [0.3, 0.4) is 0 Å². The lowest BCUT2D eigenvalue weighted by Crippen LogP contribution is -2.58. The summed E-state index contributed by atoms with van der Waals surface area (Å²) in [4.78, 5) is 26.1. The number of hydrogen-bond acceptors (Lipinski definition) is 6. The third kappa shape index (κ3) is 4.23. The van der Waals surface area contributed by atoms with Crippen molar-refractivity contribution in [3.05, 3.63) is 59.7 Å². The van der Waals surface area contributed by atoms with Crippen LogP contribution in [0.5, 0.6) is 0 Å². The Bertz CT molecular complexity index is 946. The molecule has 0 saturated carbocycles. The van der Waals surface area contributed by atoms with E-state index in [1.165, 1.54) is 30.1 Å². The summed E-state index contributed by atoms with van der Waals surface area (Å²) < 4.78 is 22.4. The Balaban J connectivity index is 1.48. The second-order valence-corrected chi connectivity index (χ2v) is 8.30. The molecule has 1 heterocycles. The first-order chi connectivity index (χ1) is 15.4. The van der Waals surface area contributed by atoms with Crippen molar-refractivity contribution in [2.24, 2.45) is 0 Å². The van der Waals surface area contributed by atoms with Gasteiger partial charge in [0.25, 0.3) is 0 Å². The van der Waals surface area contributed by atoms with Crippen molar-refractivity contribution < 1.29 is 28.5 Å². The van der Waals surface area contributed by atoms with Gasteiger partial charge in [0.1, 0.15) is 12.7 Å². The molecule has 1 aliphatic heterocycles. The number of carbonyl (C=O) groups excluding carboxylic acids is 2. The van der Waals surface area contributed by atoms with Gasteiger partial charge in [0.15, 0.2) is 6.29 Å². The standard InChI is InChI=1S/C25H29NO6/c1-15-24(22(32-16(2)27)13-23(29-4)31-15)26(3)25(28)30-14-21-19-11-7-5-9-17(19)18-10-6-8-12-20(18)21/h5-12,15,21-24H,13-14H2,1-4H3/t15-,22+,23+,24-/m1/s1. The van der Waals surface area contributed by atoms with Crippen LogP contribution in [0.4, 0.5) is 4.79 Å².